The highest BCUT2D eigenvalue weighted by atomic mass is 19.1. The van der Waals surface area contributed by atoms with Gasteiger partial charge in [0.2, 0.25) is 0 Å². The molecule has 3 N–H and O–H groups in total. The molecular formula is C26H33FN4O2. The molecule has 2 fully saturated rings. The zero-order valence-corrected chi connectivity index (χ0v) is 19.2. The van der Waals surface area contributed by atoms with Gasteiger partial charge in [-0.25, -0.2) is 9.18 Å². The molecule has 176 valence electrons. The number of amides is 2. The van der Waals surface area contributed by atoms with E-state index in [1.807, 2.05) is 30.0 Å². The van der Waals surface area contributed by atoms with Crippen molar-refractivity contribution in [1.29, 1.82) is 0 Å². The average molecular weight is 453 g/mol. The highest BCUT2D eigenvalue weighted by Gasteiger charge is 2.31. The molecule has 0 bridgehead atoms. The van der Waals surface area contributed by atoms with Gasteiger partial charge in [0.25, 0.3) is 0 Å². The second kappa shape index (κ2) is 10.3. The molecule has 2 amide bonds. The van der Waals surface area contributed by atoms with Gasteiger partial charge in [-0.1, -0.05) is 6.07 Å². The predicted molar refractivity (Wildman–Crippen MR) is 129 cm³/mol. The Labute approximate surface area is 194 Å². The summed E-state index contributed by atoms with van der Waals surface area (Å²) in [5.74, 6) is -0.206. The number of nitrogens with one attached hydrogen (secondary N) is 1. The van der Waals surface area contributed by atoms with E-state index < -0.39 is 0 Å². The summed E-state index contributed by atoms with van der Waals surface area (Å²) in [5.41, 5.74) is 8.91. The lowest BCUT2D eigenvalue weighted by atomic mass is 9.89. The molecule has 0 aliphatic carbocycles. The fourth-order valence-electron chi connectivity index (χ4n) is 4.97. The van der Waals surface area contributed by atoms with Crippen LogP contribution >= 0.6 is 0 Å². The molecule has 2 saturated heterocycles. The summed E-state index contributed by atoms with van der Waals surface area (Å²) >= 11 is 0. The molecule has 2 aromatic carbocycles. The summed E-state index contributed by atoms with van der Waals surface area (Å²) in [6, 6.07) is 11.6. The molecular weight excluding hydrogens is 419 g/mol. The minimum Gasteiger partial charge on any atom is -0.397 e. The number of carbonyl (C=O) groups is 2. The number of anilines is 2. The fraction of sp³-hybridized carbons (Fsp3) is 0.462. The molecule has 2 aliphatic rings. The predicted octanol–water partition coefficient (Wildman–Crippen LogP) is 4.70. The smallest absolute Gasteiger partial charge is 0.322 e. The van der Waals surface area contributed by atoms with E-state index >= 15 is 0 Å². The second-order valence-corrected chi connectivity index (χ2v) is 9.29. The zero-order valence-electron chi connectivity index (χ0n) is 19.2. The van der Waals surface area contributed by atoms with E-state index in [1.54, 1.807) is 12.1 Å². The van der Waals surface area contributed by atoms with Gasteiger partial charge in [-0.3, -0.25) is 4.79 Å². The van der Waals surface area contributed by atoms with Crippen molar-refractivity contribution in [1.82, 2.24) is 9.80 Å². The lowest BCUT2D eigenvalue weighted by Gasteiger charge is -2.33. The lowest BCUT2D eigenvalue weighted by Crippen LogP contribution is -2.42. The van der Waals surface area contributed by atoms with Crippen LogP contribution in [-0.4, -0.2) is 53.8 Å². The minimum atomic E-state index is -0.321. The number of aryl methyl sites for hydroxylation is 1. The number of halogens is 1. The first-order chi connectivity index (χ1) is 15.9. The third kappa shape index (κ3) is 5.71. The highest BCUT2D eigenvalue weighted by molar-refractivity contribution is 5.97. The first kappa shape index (κ1) is 23.2. The van der Waals surface area contributed by atoms with Crippen molar-refractivity contribution >= 4 is 23.2 Å². The zero-order chi connectivity index (χ0) is 23.4. The standard InChI is InChI=1S/C26H33FN4O2/c1-18-4-9-23(28)24(17-18)29-26(33)31-13-2-3-22(31)12-16-30-14-10-20(11-15-30)25(32)19-5-7-21(27)8-6-19/h4-9,17,20,22H,2-3,10-16,28H2,1H3,(H,29,33)/t22-/m0/s1. The average Bonchev–Trinajstić information content (AvgIpc) is 3.29. The molecule has 0 unspecified atom stereocenters. The fourth-order valence-corrected chi connectivity index (χ4v) is 4.97. The van der Waals surface area contributed by atoms with E-state index in [2.05, 4.69) is 10.2 Å². The number of benzene rings is 2. The number of hydrogen-bond donors (Lipinski definition) is 2. The number of likely N-dealkylation sites (tertiary alicyclic amines) is 2. The SMILES string of the molecule is Cc1ccc(N)c(NC(=O)N2CCC[C@H]2CCN2CCC(C(=O)c3ccc(F)cc3)CC2)c1. The Bertz CT molecular complexity index is 986. The van der Waals surface area contributed by atoms with Gasteiger partial charge in [0, 0.05) is 30.6 Å². The Morgan fingerprint density at radius 1 is 1.06 bits per heavy atom. The Morgan fingerprint density at radius 3 is 2.52 bits per heavy atom. The molecule has 0 aromatic heterocycles. The minimum absolute atomic E-state index is 0.000237. The van der Waals surface area contributed by atoms with Crippen LogP contribution in [0.15, 0.2) is 42.5 Å². The lowest BCUT2D eigenvalue weighted by molar-refractivity contribution is 0.0833. The highest BCUT2D eigenvalue weighted by Crippen LogP contribution is 2.26. The third-order valence-corrected chi connectivity index (χ3v) is 6.95. The molecule has 33 heavy (non-hydrogen) atoms. The largest absolute Gasteiger partial charge is 0.397 e. The quantitative estimate of drug-likeness (QED) is 0.492. The Balaban J connectivity index is 1.25. The number of nitrogens with zero attached hydrogens (tertiary/aromatic N) is 2. The first-order valence-electron chi connectivity index (χ1n) is 11.9. The van der Waals surface area contributed by atoms with Crippen molar-refractivity contribution in [3.63, 3.8) is 0 Å². The summed E-state index contributed by atoms with van der Waals surface area (Å²) in [7, 11) is 0. The van der Waals surface area contributed by atoms with Crippen LogP contribution in [0.25, 0.3) is 0 Å². The number of ketones is 1. The van der Waals surface area contributed by atoms with Crippen LogP contribution in [0.5, 0.6) is 0 Å². The van der Waals surface area contributed by atoms with Crippen LogP contribution in [-0.2, 0) is 0 Å². The number of rotatable bonds is 6. The number of nitrogens with two attached hydrogens (primary N) is 1. The van der Waals surface area contributed by atoms with Crippen molar-refractivity contribution in [3.05, 3.63) is 59.4 Å². The van der Waals surface area contributed by atoms with Crippen molar-refractivity contribution in [2.45, 2.75) is 45.1 Å². The molecule has 1 atom stereocenters. The van der Waals surface area contributed by atoms with Gasteiger partial charge in [-0.2, -0.15) is 0 Å². The van der Waals surface area contributed by atoms with E-state index in [-0.39, 0.29) is 29.6 Å². The van der Waals surface area contributed by atoms with Gasteiger partial charge in [0.1, 0.15) is 5.82 Å². The number of piperidine rings is 1. The molecule has 2 aromatic rings. The topological polar surface area (TPSA) is 78.7 Å². The maximum Gasteiger partial charge on any atom is 0.322 e. The molecule has 4 rings (SSSR count). The van der Waals surface area contributed by atoms with Gasteiger partial charge < -0.3 is 20.9 Å². The molecule has 0 saturated carbocycles. The number of nitrogen functional groups attached to an aromatic ring is 1. The third-order valence-electron chi connectivity index (χ3n) is 6.95. The Morgan fingerprint density at radius 2 is 1.79 bits per heavy atom. The van der Waals surface area contributed by atoms with Crippen LogP contribution in [0.1, 0.15) is 48.0 Å². The molecule has 2 aliphatic heterocycles. The summed E-state index contributed by atoms with van der Waals surface area (Å²) in [6.07, 6.45) is 4.58. The molecule has 2 heterocycles. The van der Waals surface area contributed by atoms with Crippen molar-refractivity contribution in [3.8, 4) is 0 Å². The maximum atomic E-state index is 13.1. The van der Waals surface area contributed by atoms with E-state index in [4.69, 9.17) is 5.73 Å². The van der Waals surface area contributed by atoms with Crippen molar-refractivity contribution in [2.75, 3.05) is 37.2 Å². The molecule has 7 heteroatoms. The summed E-state index contributed by atoms with van der Waals surface area (Å²) in [5, 5.41) is 2.99. The van der Waals surface area contributed by atoms with Crippen LogP contribution in [0.3, 0.4) is 0 Å². The molecule has 0 spiro atoms. The number of carbonyl (C=O) groups excluding carboxylic acids is 2. The first-order valence-corrected chi connectivity index (χ1v) is 11.9. The van der Waals surface area contributed by atoms with Crippen LogP contribution < -0.4 is 11.1 Å². The van der Waals surface area contributed by atoms with E-state index in [0.717, 1.165) is 63.8 Å². The van der Waals surface area contributed by atoms with E-state index in [0.29, 0.717) is 16.9 Å². The van der Waals surface area contributed by atoms with Gasteiger partial charge in [-0.15, -0.1) is 0 Å². The summed E-state index contributed by atoms with van der Waals surface area (Å²) in [4.78, 5) is 29.9. The Hall–Kier alpha value is -2.93. The van der Waals surface area contributed by atoms with Crippen LogP contribution in [0.4, 0.5) is 20.6 Å². The van der Waals surface area contributed by atoms with Gasteiger partial charge in [-0.05, 0) is 94.1 Å². The Kier molecular flexibility index (Phi) is 7.28. The van der Waals surface area contributed by atoms with Crippen LogP contribution in [0.2, 0.25) is 0 Å². The van der Waals surface area contributed by atoms with Crippen molar-refractivity contribution < 1.29 is 14.0 Å². The van der Waals surface area contributed by atoms with Gasteiger partial charge >= 0.3 is 6.03 Å². The number of hydrogen-bond acceptors (Lipinski definition) is 4. The molecule has 0 radical (unpaired) electrons. The van der Waals surface area contributed by atoms with E-state index in [1.165, 1.54) is 12.1 Å². The normalized spacial score (nSPS) is 19.6. The summed E-state index contributed by atoms with van der Waals surface area (Å²) < 4.78 is 13.1. The monoisotopic (exact) mass is 452 g/mol. The van der Waals surface area contributed by atoms with Gasteiger partial charge in [0.15, 0.2) is 5.78 Å². The second-order valence-electron chi connectivity index (χ2n) is 9.29. The molecule has 6 nitrogen and oxygen atoms in total. The van der Waals surface area contributed by atoms with Gasteiger partial charge in [0.05, 0.1) is 11.4 Å². The van der Waals surface area contributed by atoms with E-state index in [9.17, 15) is 14.0 Å². The van der Waals surface area contributed by atoms with Crippen LogP contribution in [0, 0.1) is 18.7 Å². The maximum absolute atomic E-state index is 13.1. The van der Waals surface area contributed by atoms with Crippen molar-refractivity contribution in [2.24, 2.45) is 5.92 Å². The number of urea groups is 1. The number of Topliss-reactive ketones (excluding diaryl/α,β-unsaturated/α-hetero) is 1. The summed E-state index contributed by atoms with van der Waals surface area (Å²) in [6.45, 7) is 5.39.